The van der Waals surface area contributed by atoms with E-state index in [4.69, 9.17) is 19.2 Å². The van der Waals surface area contributed by atoms with Crippen LogP contribution in [0.4, 0.5) is 0 Å². The minimum atomic E-state index is -1.90. The molecule has 2 aromatic carbocycles. The number of fused-ring (bicyclic) bond motifs is 5. The van der Waals surface area contributed by atoms with Crippen LogP contribution in [0.15, 0.2) is 59.4 Å². The van der Waals surface area contributed by atoms with E-state index in [9.17, 15) is 19.5 Å². The third-order valence-electron chi connectivity index (χ3n) is 7.67. The molecule has 0 bridgehead atoms. The van der Waals surface area contributed by atoms with E-state index >= 15 is 0 Å². The molecule has 9 heteroatoms. The molecule has 0 unspecified atom stereocenters. The summed E-state index contributed by atoms with van der Waals surface area (Å²) < 4.78 is 18.6. The van der Waals surface area contributed by atoms with Crippen LogP contribution in [0.25, 0.3) is 28.4 Å². The molecule has 0 saturated heterocycles. The Hall–Kier alpha value is -4.76. The van der Waals surface area contributed by atoms with Crippen LogP contribution in [0.3, 0.4) is 0 Å². The number of rotatable bonds is 4. The van der Waals surface area contributed by atoms with E-state index in [1.807, 2.05) is 30.3 Å². The Bertz CT molecular complexity index is 1820. The van der Waals surface area contributed by atoms with Gasteiger partial charge in [-0.1, -0.05) is 37.3 Å². The maximum Gasteiger partial charge on any atom is 0.343 e. The number of hydrogen-bond donors (Lipinski definition) is 1. The summed E-state index contributed by atoms with van der Waals surface area (Å²) in [5, 5.41) is 11.8. The first-order valence-electron chi connectivity index (χ1n) is 12.6. The fraction of sp³-hybridized carbons (Fsp3) is 0.200. The van der Waals surface area contributed by atoms with Gasteiger partial charge in [-0.15, -0.1) is 0 Å². The van der Waals surface area contributed by atoms with Gasteiger partial charge in [0.25, 0.3) is 5.56 Å². The summed E-state index contributed by atoms with van der Waals surface area (Å²) in [6.45, 7) is 1.63. The van der Waals surface area contributed by atoms with Gasteiger partial charge in [-0.3, -0.25) is 9.59 Å². The van der Waals surface area contributed by atoms with Crippen LogP contribution in [0.5, 0.6) is 11.5 Å². The Morgan fingerprint density at radius 2 is 1.87 bits per heavy atom. The smallest absolute Gasteiger partial charge is 0.343 e. The van der Waals surface area contributed by atoms with Crippen LogP contribution in [0.1, 0.15) is 46.0 Å². The molecule has 1 atom stereocenters. The second-order valence-corrected chi connectivity index (χ2v) is 9.72. The molecule has 0 fully saturated rings. The number of carbonyl (C=O) groups is 2. The summed E-state index contributed by atoms with van der Waals surface area (Å²) in [6, 6.07) is 14.3. The molecular formula is C30H22N2O7. The zero-order chi connectivity index (χ0) is 26.9. The van der Waals surface area contributed by atoms with Gasteiger partial charge in [-0.25, -0.2) is 9.78 Å². The van der Waals surface area contributed by atoms with Gasteiger partial charge in [0.2, 0.25) is 6.79 Å². The molecule has 0 radical (unpaired) electrons. The third-order valence-corrected chi connectivity index (χ3v) is 7.67. The first kappa shape index (κ1) is 23.4. The Balaban J connectivity index is 1.37. The normalized spacial score (nSPS) is 18.7. The maximum atomic E-state index is 13.5. The predicted octanol–water partition coefficient (Wildman–Crippen LogP) is 3.70. The topological polar surface area (TPSA) is 117 Å². The molecule has 9 nitrogen and oxygen atoms in total. The number of nitrogens with zero attached hydrogens (tertiary/aromatic N) is 2. The fourth-order valence-electron chi connectivity index (χ4n) is 5.57. The molecule has 3 aliphatic heterocycles. The number of benzene rings is 2. The number of ether oxygens (including phenoxy) is 3. The first-order chi connectivity index (χ1) is 18.9. The largest absolute Gasteiger partial charge is 0.458 e. The molecule has 0 aliphatic carbocycles. The number of aliphatic hydroxyl groups is 1. The summed E-state index contributed by atoms with van der Waals surface area (Å²) in [4.78, 5) is 43.4. The van der Waals surface area contributed by atoms with Crippen molar-refractivity contribution in [3.05, 3.63) is 92.8 Å². The monoisotopic (exact) mass is 522 g/mol. The molecule has 0 saturated carbocycles. The first-order valence-corrected chi connectivity index (χ1v) is 12.6. The van der Waals surface area contributed by atoms with Crippen LogP contribution >= 0.6 is 0 Å². The van der Waals surface area contributed by atoms with Crippen molar-refractivity contribution in [1.82, 2.24) is 9.55 Å². The van der Waals surface area contributed by atoms with Crippen molar-refractivity contribution < 1.29 is 28.9 Å². The molecule has 5 heterocycles. The van der Waals surface area contributed by atoms with Gasteiger partial charge in [0.05, 0.1) is 34.4 Å². The molecule has 7 rings (SSSR count). The fourth-order valence-corrected chi connectivity index (χ4v) is 5.57. The van der Waals surface area contributed by atoms with Gasteiger partial charge in [0.1, 0.15) is 18.1 Å². The van der Waals surface area contributed by atoms with Crippen LogP contribution < -0.4 is 15.0 Å². The van der Waals surface area contributed by atoms with Gasteiger partial charge in [-0.2, -0.15) is 0 Å². The number of cyclic esters (lactones) is 1. The lowest BCUT2D eigenvalue weighted by Gasteiger charge is -2.31. The van der Waals surface area contributed by atoms with E-state index in [1.54, 1.807) is 35.8 Å². The van der Waals surface area contributed by atoms with E-state index in [0.29, 0.717) is 50.5 Å². The van der Waals surface area contributed by atoms with Gasteiger partial charge in [-0.05, 0) is 36.8 Å². The summed E-state index contributed by atoms with van der Waals surface area (Å²) >= 11 is 0. The van der Waals surface area contributed by atoms with Crippen LogP contribution in [0, 0.1) is 0 Å². The molecule has 39 heavy (non-hydrogen) atoms. The molecule has 0 spiro atoms. The van der Waals surface area contributed by atoms with E-state index < -0.39 is 11.6 Å². The molecule has 0 amide bonds. The van der Waals surface area contributed by atoms with Gasteiger partial charge in [0, 0.05) is 22.3 Å². The number of hydrogen-bond acceptors (Lipinski definition) is 8. The minimum absolute atomic E-state index is 0.0459. The van der Waals surface area contributed by atoms with Crippen molar-refractivity contribution in [2.75, 3.05) is 6.79 Å². The Morgan fingerprint density at radius 1 is 1.08 bits per heavy atom. The number of esters is 1. The lowest BCUT2D eigenvalue weighted by molar-refractivity contribution is -0.172. The number of carbonyl (C=O) groups excluding carboxylic acids is 2. The average Bonchev–Trinajstić information content (AvgIpc) is 3.34. The van der Waals surface area contributed by atoms with E-state index in [-0.39, 0.29) is 48.8 Å². The number of aromatic nitrogens is 2. The zero-order valence-corrected chi connectivity index (χ0v) is 20.9. The van der Waals surface area contributed by atoms with Crippen LogP contribution in [-0.2, 0) is 28.3 Å². The Labute approximate surface area is 221 Å². The standard InChI is InChI=1S/C30H22N2O7/c1-2-30(36)20-12-22-25-18(13-32(22)28(34)19(20)14-37-29(30)35)27-24-21(31-25)10-8-17(26(24)38-15-39-27)9-11-23(33)16-6-4-3-5-7-16/h3-12,36H,2,13-15H2,1H3/b11-9+/t30-/m0/s1. The maximum absolute atomic E-state index is 13.5. The number of allylic oxidation sites excluding steroid dienone is 1. The van der Waals surface area contributed by atoms with Gasteiger partial charge < -0.3 is 23.9 Å². The predicted molar refractivity (Wildman–Crippen MR) is 140 cm³/mol. The highest BCUT2D eigenvalue weighted by atomic mass is 16.7. The molecular weight excluding hydrogens is 500 g/mol. The van der Waals surface area contributed by atoms with Crippen molar-refractivity contribution in [2.45, 2.75) is 32.1 Å². The molecule has 2 aromatic heterocycles. The zero-order valence-electron chi connectivity index (χ0n) is 20.9. The second-order valence-electron chi connectivity index (χ2n) is 9.72. The molecule has 3 aliphatic rings. The summed E-state index contributed by atoms with van der Waals surface area (Å²) in [7, 11) is 0. The molecule has 194 valence electrons. The average molecular weight is 523 g/mol. The highest BCUT2D eigenvalue weighted by Crippen LogP contribution is 2.47. The summed E-state index contributed by atoms with van der Waals surface area (Å²) in [5.41, 5.74) is 1.91. The van der Waals surface area contributed by atoms with Crippen LogP contribution in [0.2, 0.25) is 0 Å². The van der Waals surface area contributed by atoms with E-state index in [0.717, 1.165) is 0 Å². The van der Waals surface area contributed by atoms with Crippen molar-refractivity contribution in [3.63, 3.8) is 0 Å². The number of pyridine rings is 2. The lowest BCUT2D eigenvalue weighted by atomic mass is 9.86. The van der Waals surface area contributed by atoms with E-state index in [1.165, 1.54) is 6.08 Å². The van der Waals surface area contributed by atoms with Crippen molar-refractivity contribution in [1.29, 1.82) is 0 Å². The van der Waals surface area contributed by atoms with Gasteiger partial charge >= 0.3 is 5.97 Å². The SMILES string of the molecule is CC[C@@]1(O)C(=O)OCc2c1cc1n(c2=O)Cc2c-1nc1ccc(/C=C/C(=O)c3ccccc3)c3c1c2OCO3. The summed E-state index contributed by atoms with van der Waals surface area (Å²) in [6.07, 6.45) is 3.28. The second kappa shape index (κ2) is 8.37. The summed E-state index contributed by atoms with van der Waals surface area (Å²) in [5.74, 6) is 0.205. The third kappa shape index (κ3) is 3.29. The van der Waals surface area contributed by atoms with Gasteiger partial charge in [0.15, 0.2) is 11.4 Å². The number of ketones is 1. The highest BCUT2D eigenvalue weighted by Gasteiger charge is 2.45. The molecule has 1 N–H and O–H groups in total. The quantitative estimate of drug-likeness (QED) is 0.216. The van der Waals surface area contributed by atoms with E-state index in [2.05, 4.69) is 0 Å². The molecule has 4 aromatic rings. The van der Waals surface area contributed by atoms with Crippen LogP contribution in [-0.4, -0.2) is 33.2 Å². The van der Waals surface area contributed by atoms with Crippen molar-refractivity contribution in [2.24, 2.45) is 0 Å². The lowest BCUT2D eigenvalue weighted by Crippen LogP contribution is -2.44. The Morgan fingerprint density at radius 3 is 2.67 bits per heavy atom. The Kier molecular flexibility index (Phi) is 5.02. The minimum Gasteiger partial charge on any atom is -0.458 e. The van der Waals surface area contributed by atoms with Crippen molar-refractivity contribution >= 4 is 28.7 Å². The highest BCUT2D eigenvalue weighted by molar-refractivity contribution is 6.07. The van der Waals surface area contributed by atoms with Crippen molar-refractivity contribution in [3.8, 4) is 22.9 Å².